The Morgan fingerprint density at radius 3 is 2.79 bits per heavy atom. The molecule has 3 amide bonds. The maximum absolute atomic E-state index is 11.9. The van der Waals surface area contributed by atoms with Gasteiger partial charge in [-0.1, -0.05) is 30.3 Å². The summed E-state index contributed by atoms with van der Waals surface area (Å²) in [6.45, 7) is 1.54. The Morgan fingerprint density at radius 1 is 1.25 bits per heavy atom. The lowest BCUT2D eigenvalue weighted by Crippen LogP contribution is -2.41. The molecule has 24 heavy (non-hydrogen) atoms. The maximum Gasteiger partial charge on any atom is 0.321 e. The first-order chi connectivity index (χ1) is 11.7. The van der Waals surface area contributed by atoms with Gasteiger partial charge in [0.2, 0.25) is 5.91 Å². The van der Waals surface area contributed by atoms with Gasteiger partial charge in [-0.2, -0.15) is 0 Å². The van der Waals surface area contributed by atoms with Crippen LogP contribution in [0.25, 0.3) is 0 Å². The highest BCUT2D eigenvalue weighted by Crippen LogP contribution is 2.37. The number of hydrogen-bond donors (Lipinski definition) is 2. The van der Waals surface area contributed by atoms with Gasteiger partial charge in [0.05, 0.1) is 6.04 Å². The van der Waals surface area contributed by atoms with Crippen molar-refractivity contribution in [1.82, 2.24) is 15.5 Å². The SMILES string of the molecule is CNC(=O)NC(=O)CCN1CCc2sccc2C1c1ccccc1. The lowest BCUT2D eigenvalue weighted by atomic mass is 9.93. The molecule has 1 unspecified atom stereocenters. The molecule has 1 aliphatic heterocycles. The summed E-state index contributed by atoms with van der Waals surface area (Å²) in [6, 6.07) is 12.3. The van der Waals surface area contributed by atoms with Crippen molar-refractivity contribution in [3.63, 3.8) is 0 Å². The predicted molar refractivity (Wildman–Crippen MR) is 95.1 cm³/mol. The number of benzene rings is 1. The van der Waals surface area contributed by atoms with Crippen LogP contribution in [0.1, 0.15) is 28.5 Å². The van der Waals surface area contributed by atoms with Crippen LogP contribution in [0.5, 0.6) is 0 Å². The van der Waals surface area contributed by atoms with Crippen molar-refractivity contribution in [3.8, 4) is 0 Å². The number of fused-ring (bicyclic) bond motifs is 1. The molecule has 1 aliphatic rings. The third kappa shape index (κ3) is 3.66. The summed E-state index contributed by atoms with van der Waals surface area (Å²) in [5.74, 6) is -0.253. The standard InChI is InChI=1S/C18H21N3O2S/c1-19-18(23)20-16(22)8-11-21-10-7-15-14(9-12-24-15)17(21)13-5-3-2-4-6-13/h2-6,9,12,17H,7-8,10-11H2,1H3,(H2,19,20,22,23). The number of hydrogen-bond acceptors (Lipinski definition) is 4. The fraction of sp³-hybridized carbons (Fsp3) is 0.333. The van der Waals surface area contributed by atoms with Gasteiger partial charge in [0.25, 0.3) is 0 Å². The number of carbonyl (C=O) groups is 2. The molecular weight excluding hydrogens is 322 g/mol. The van der Waals surface area contributed by atoms with Crippen molar-refractivity contribution in [2.75, 3.05) is 20.1 Å². The largest absolute Gasteiger partial charge is 0.341 e. The van der Waals surface area contributed by atoms with Crippen molar-refractivity contribution >= 4 is 23.3 Å². The van der Waals surface area contributed by atoms with Crippen molar-refractivity contribution in [3.05, 3.63) is 57.8 Å². The van der Waals surface area contributed by atoms with E-state index in [0.29, 0.717) is 13.0 Å². The van der Waals surface area contributed by atoms with Crippen LogP contribution in [0.2, 0.25) is 0 Å². The number of rotatable bonds is 4. The van der Waals surface area contributed by atoms with Crippen molar-refractivity contribution < 1.29 is 9.59 Å². The Hall–Kier alpha value is -2.18. The van der Waals surface area contributed by atoms with Gasteiger partial charge in [-0.3, -0.25) is 15.0 Å². The van der Waals surface area contributed by atoms with E-state index in [1.54, 1.807) is 11.3 Å². The van der Waals surface area contributed by atoms with E-state index in [0.717, 1.165) is 13.0 Å². The molecule has 3 rings (SSSR count). The molecule has 5 nitrogen and oxygen atoms in total. The van der Waals surface area contributed by atoms with Gasteiger partial charge in [-0.05, 0) is 29.0 Å². The minimum absolute atomic E-state index is 0.175. The molecule has 0 saturated heterocycles. The molecule has 0 radical (unpaired) electrons. The van der Waals surface area contributed by atoms with Crippen LogP contribution in [0, 0.1) is 0 Å². The molecular formula is C18H21N3O2S. The summed E-state index contributed by atoms with van der Waals surface area (Å²) >= 11 is 1.80. The highest BCUT2D eigenvalue weighted by molar-refractivity contribution is 7.10. The smallest absolute Gasteiger partial charge is 0.321 e. The highest BCUT2D eigenvalue weighted by atomic mass is 32.1. The topological polar surface area (TPSA) is 61.4 Å². The first-order valence-corrected chi connectivity index (χ1v) is 8.94. The zero-order chi connectivity index (χ0) is 16.9. The van der Waals surface area contributed by atoms with Gasteiger partial charge in [-0.25, -0.2) is 4.79 Å². The molecule has 0 spiro atoms. The summed E-state index contributed by atoms with van der Waals surface area (Å²) in [6.07, 6.45) is 1.31. The Labute approximate surface area is 145 Å². The molecule has 1 aromatic carbocycles. The van der Waals surface area contributed by atoms with E-state index < -0.39 is 6.03 Å². The summed E-state index contributed by atoms with van der Waals surface area (Å²) in [7, 11) is 1.50. The fourth-order valence-corrected chi connectivity index (χ4v) is 4.04. The van der Waals surface area contributed by atoms with E-state index in [2.05, 4.69) is 39.1 Å². The molecule has 1 aromatic heterocycles. The molecule has 2 heterocycles. The van der Waals surface area contributed by atoms with Gasteiger partial charge in [0.1, 0.15) is 0 Å². The molecule has 2 N–H and O–H groups in total. The summed E-state index contributed by atoms with van der Waals surface area (Å²) in [4.78, 5) is 26.9. The van der Waals surface area contributed by atoms with E-state index in [9.17, 15) is 9.59 Å². The van der Waals surface area contributed by atoms with Crippen molar-refractivity contribution in [2.24, 2.45) is 0 Å². The summed E-state index contributed by atoms with van der Waals surface area (Å²) in [5, 5.41) is 6.86. The zero-order valence-corrected chi connectivity index (χ0v) is 14.4. The molecule has 0 aliphatic carbocycles. The number of thiophene rings is 1. The lowest BCUT2D eigenvalue weighted by molar-refractivity contribution is -0.120. The molecule has 126 valence electrons. The van der Waals surface area contributed by atoms with Gasteiger partial charge < -0.3 is 5.32 Å². The molecule has 6 heteroatoms. The second kappa shape index (κ2) is 7.59. The number of carbonyl (C=O) groups excluding carboxylic acids is 2. The van der Waals surface area contributed by atoms with Gasteiger partial charge in [0, 0.05) is 31.4 Å². The average Bonchev–Trinajstić information content (AvgIpc) is 3.08. The summed E-state index contributed by atoms with van der Waals surface area (Å²) in [5.41, 5.74) is 2.58. The van der Waals surface area contributed by atoms with E-state index >= 15 is 0 Å². The minimum Gasteiger partial charge on any atom is -0.341 e. The first-order valence-electron chi connectivity index (χ1n) is 8.06. The molecule has 1 atom stereocenters. The second-order valence-electron chi connectivity index (χ2n) is 5.78. The van der Waals surface area contributed by atoms with Crippen molar-refractivity contribution in [1.29, 1.82) is 0 Å². The summed E-state index contributed by atoms with van der Waals surface area (Å²) < 4.78 is 0. The minimum atomic E-state index is -0.460. The van der Waals surface area contributed by atoms with Crippen LogP contribution in [0.3, 0.4) is 0 Å². The normalized spacial score (nSPS) is 17.1. The highest BCUT2D eigenvalue weighted by Gasteiger charge is 2.29. The molecule has 0 fully saturated rings. The number of nitrogens with zero attached hydrogens (tertiary/aromatic N) is 1. The number of urea groups is 1. The zero-order valence-electron chi connectivity index (χ0n) is 13.6. The van der Waals surface area contributed by atoms with Crippen LogP contribution in [-0.4, -0.2) is 37.0 Å². The lowest BCUT2D eigenvalue weighted by Gasteiger charge is -2.36. The van der Waals surface area contributed by atoms with E-state index in [4.69, 9.17) is 0 Å². The Morgan fingerprint density at radius 2 is 2.04 bits per heavy atom. The van der Waals surface area contributed by atoms with Crippen LogP contribution in [-0.2, 0) is 11.2 Å². The maximum atomic E-state index is 11.9. The second-order valence-corrected chi connectivity index (χ2v) is 6.78. The van der Waals surface area contributed by atoms with E-state index in [1.807, 2.05) is 18.2 Å². The van der Waals surface area contributed by atoms with E-state index in [1.165, 1.54) is 23.1 Å². The van der Waals surface area contributed by atoms with Crippen LogP contribution < -0.4 is 10.6 Å². The number of nitrogens with one attached hydrogen (secondary N) is 2. The van der Waals surface area contributed by atoms with Gasteiger partial charge in [0.15, 0.2) is 0 Å². The quantitative estimate of drug-likeness (QED) is 0.897. The van der Waals surface area contributed by atoms with Crippen LogP contribution in [0.15, 0.2) is 41.8 Å². The monoisotopic (exact) mass is 343 g/mol. The molecule has 0 bridgehead atoms. The van der Waals surface area contributed by atoms with Crippen LogP contribution >= 0.6 is 11.3 Å². The first kappa shape index (κ1) is 16.7. The fourth-order valence-electron chi connectivity index (χ4n) is 3.13. The third-order valence-electron chi connectivity index (χ3n) is 4.29. The van der Waals surface area contributed by atoms with Gasteiger partial charge >= 0.3 is 6.03 Å². The Kier molecular flexibility index (Phi) is 5.27. The number of imide groups is 1. The number of amides is 3. The van der Waals surface area contributed by atoms with Crippen LogP contribution in [0.4, 0.5) is 4.79 Å². The van der Waals surface area contributed by atoms with E-state index in [-0.39, 0.29) is 11.9 Å². The average molecular weight is 343 g/mol. The van der Waals surface area contributed by atoms with Crippen molar-refractivity contribution in [2.45, 2.75) is 18.9 Å². The Balaban J connectivity index is 1.74. The molecule has 2 aromatic rings. The Bertz CT molecular complexity index is 714. The predicted octanol–water partition coefficient (Wildman–Crippen LogP) is 2.54. The van der Waals surface area contributed by atoms with Gasteiger partial charge in [-0.15, -0.1) is 11.3 Å². The third-order valence-corrected chi connectivity index (χ3v) is 5.28. The molecule has 0 saturated carbocycles.